The average molecular weight is 509 g/mol. The zero-order valence-electron chi connectivity index (χ0n) is 20.3. The molecule has 0 spiro atoms. The summed E-state index contributed by atoms with van der Waals surface area (Å²) in [4.78, 5) is 10.6. The van der Waals surface area contributed by atoms with Crippen molar-refractivity contribution in [2.24, 2.45) is 0 Å². The third kappa shape index (κ3) is 3.94. The number of aromatic nitrogens is 2. The van der Waals surface area contributed by atoms with Crippen LogP contribution in [-0.4, -0.2) is 9.97 Å². The van der Waals surface area contributed by atoms with Crippen molar-refractivity contribution in [1.29, 1.82) is 0 Å². The van der Waals surface area contributed by atoms with Gasteiger partial charge in [0.05, 0.1) is 22.8 Å². The Labute approximate surface area is 225 Å². The fourth-order valence-corrected chi connectivity index (χ4v) is 5.04. The summed E-state index contributed by atoms with van der Waals surface area (Å²) in [5.41, 5.74) is 8.81. The lowest BCUT2D eigenvalue weighted by atomic mass is 9.99. The molecule has 0 bridgehead atoms. The van der Waals surface area contributed by atoms with E-state index in [0.29, 0.717) is 5.02 Å². The van der Waals surface area contributed by atoms with Gasteiger partial charge in [0, 0.05) is 38.0 Å². The van der Waals surface area contributed by atoms with Crippen LogP contribution >= 0.6 is 11.6 Å². The summed E-state index contributed by atoms with van der Waals surface area (Å²) >= 11 is 6.24. The number of halogens is 1. The first-order chi connectivity index (χ1) is 18.7. The van der Waals surface area contributed by atoms with Gasteiger partial charge in [-0.05, 0) is 30.3 Å². The molecule has 4 heteroatoms. The molecule has 0 aliphatic rings. The predicted molar refractivity (Wildman–Crippen MR) is 156 cm³/mol. The summed E-state index contributed by atoms with van der Waals surface area (Å²) in [6, 6.07) is 42.6. The van der Waals surface area contributed by atoms with Crippen LogP contribution in [0.15, 0.2) is 132 Å². The van der Waals surface area contributed by atoms with Gasteiger partial charge in [-0.15, -0.1) is 0 Å². The number of hydrogen-bond donors (Lipinski definition) is 0. The van der Waals surface area contributed by atoms with Crippen molar-refractivity contribution >= 4 is 33.5 Å². The van der Waals surface area contributed by atoms with E-state index in [2.05, 4.69) is 48.5 Å². The summed E-state index contributed by atoms with van der Waals surface area (Å²) in [6.07, 6.45) is 0. The van der Waals surface area contributed by atoms with Crippen LogP contribution in [0.25, 0.3) is 67.0 Å². The molecule has 0 saturated carbocycles. The molecule has 0 radical (unpaired) electrons. The van der Waals surface area contributed by atoms with Crippen LogP contribution in [0, 0.1) is 0 Å². The highest BCUT2D eigenvalue weighted by molar-refractivity contribution is 6.30. The number of fused-ring (bicyclic) bond motifs is 3. The first-order valence-electron chi connectivity index (χ1n) is 12.4. The van der Waals surface area contributed by atoms with Crippen molar-refractivity contribution in [3.63, 3.8) is 0 Å². The first-order valence-corrected chi connectivity index (χ1v) is 12.8. The van der Waals surface area contributed by atoms with Crippen molar-refractivity contribution < 1.29 is 4.42 Å². The lowest BCUT2D eigenvalue weighted by Gasteiger charge is -2.16. The Balaban J connectivity index is 1.53. The SMILES string of the molecule is Clc1ccc(-c2nc(-c3ccccc3)c(-c3ccccc3)nc2-c2ccc3c(c2)oc2ccccc23)cc1. The quantitative estimate of drug-likeness (QED) is 0.237. The van der Waals surface area contributed by atoms with Gasteiger partial charge in [0.2, 0.25) is 0 Å². The number of rotatable bonds is 4. The fraction of sp³-hybridized carbons (Fsp3) is 0. The largest absolute Gasteiger partial charge is 0.456 e. The molecule has 38 heavy (non-hydrogen) atoms. The highest BCUT2D eigenvalue weighted by atomic mass is 35.5. The Morgan fingerprint density at radius 1 is 0.421 bits per heavy atom. The molecule has 2 aromatic heterocycles. The third-order valence-corrected chi connectivity index (χ3v) is 7.01. The monoisotopic (exact) mass is 508 g/mol. The van der Waals surface area contributed by atoms with E-state index < -0.39 is 0 Å². The highest BCUT2D eigenvalue weighted by Gasteiger charge is 2.20. The van der Waals surface area contributed by atoms with Crippen LogP contribution in [-0.2, 0) is 0 Å². The van der Waals surface area contributed by atoms with Crippen LogP contribution in [0.2, 0.25) is 5.02 Å². The van der Waals surface area contributed by atoms with Crippen LogP contribution in [0.5, 0.6) is 0 Å². The summed E-state index contributed by atoms with van der Waals surface area (Å²) in [6.45, 7) is 0. The van der Waals surface area contributed by atoms with Crippen molar-refractivity contribution in [2.45, 2.75) is 0 Å². The third-order valence-electron chi connectivity index (χ3n) is 6.76. The molecular weight excluding hydrogens is 488 g/mol. The summed E-state index contributed by atoms with van der Waals surface area (Å²) in [5, 5.41) is 2.85. The predicted octanol–water partition coefficient (Wildman–Crippen LogP) is 9.70. The molecule has 0 fully saturated rings. The van der Waals surface area contributed by atoms with Crippen LogP contribution in [0.4, 0.5) is 0 Å². The maximum atomic E-state index is 6.24. The van der Waals surface area contributed by atoms with Crippen LogP contribution in [0.3, 0.4) is 0 Å². The van der Waals surface area contributed by atoms with Crippen molar-refractivity contribution in [3.8, 4) is 45.0 Å². The minimum Gasteiger partial charge on any atom is -0.456 e. The zero-order valence-corrected chi connectivity index (χ0v) is 21.1. The number of para-hydroxylation sites is 1. The molecule has 0 N–H and O–H groups in total. The molecule has 0 amide bonds. The Morgan fingerprint density at radius 3 is 1.53 bits per heavy atom. The van der Waals surface area contributed by atoms with Crippen molar-refractivity contribution in [3.05, 3.63) is 132 Å². The van der Waals surface area contributed by atoms with Gasteiger partial charge in [-0.1, -0.05) is 109 Å². The summed E-state index contributed by atoms with van der Waals surface area (Å²) in [7, 11) is 0. The minimum atomic E-state index is 0.677. The van der Waals surface area contributed by atoms with Gasteiger partial charge < -0.3 is 4.42 Å². The maximum absolute atomic E-state index is 6.24. The molecular formula is C34H21ClN2O. The van der Waals surface area contributed by atoms with Crippen molar-refractivity contribution in [2.75, 3.05) is 0 Å². The fourth-order valence-electron chi connectivity index (χ4n) is 4.91. The lowest BCUT2D eigenvalue weighted by Crippen LogP contribution is -2.00. The molecule has 2 heterocycles. The van der Waals surface area contributed by atoms with Crippen LogP contribution in [0.1, 0.15) is 0 Å². The summed E-state index contributed by atoms with van der Waals surface area (Å²) in [5.74, 6) is 0. The van der Waals surface area contributed by atoms with Gasteiger partial charge in [0.15, 0.2) is 0 Å². The Bertz CT molecular complexity index is 1910. The summed E-state index contributed by atoms with van der Waals surface area (Å²) < 4.78 is 6.22. The van der Waals surface area contributed by atoms with E-state index in [0.717, 1.165) is 67.0 Å². The Hall–Kier alpha value is -4.73. The Kier molecular flexibility index (Phi) is 5.49. The number of furan rings is 1. The molecule has 0 unspecified atom stereocenters. The molecule has 180 valence electrons. The van der Waals surface area contributed by atoms with E-state index in [9.17, 15) is 0 Å². The van der Waals surface area contributed by atoms with Gasteiger partial charge in [-0.3, -0.25) is 0 Å². The maximum Gasteiger partial charge on any atom is 0.136 e. The van der Waals surface area contributed by atoms with E-state index >= 15 is 0 Å². The minimum absolute atomic E-state index is 0.677. The van der Waals surface area contributed by atoms with E-state index in [1.807, 2.05) is 78.9 Å². The molecule has 3 nitrogen and oxygen atoms in total. The number of hydrogen-bond acceptors (Lipinski definition) is 3. The molecule has 0 atom stereocenters. The van der Waals surface area contributed by atoms with Gasteiger partial charge in [-0.25, -0.2) is 9.97 Å². The van der Waals surface area contributed by atoms with E-state index in [4.69, 9.17) is 26.0 Å². The second-order valence-corrected chi connectivity index (χ2v) is 9.60. The van der Waals surface area contributed by atoms with E-state index in [1.165, 1.54) is 0 Å². The molecule has 0 aliphatic carbocycles. The van der Waals surface area contributed by atoms with Gasteiger partial charge in [0.1, 0.15) is 11.2 Å². The first kappa shape index (κ1) is 22.5. The highest BCUT2D eigenvalue weighted by Crippen LogP contribution is 2.39. The molecule has 7 rings (SSSR count). The smallest absolute Gasteiger partial charge is 0.136 e. The van der Waals surface area contributed by atoms with Crippen molar-refractivity contribution in [1.82, 2.24) is 9.97 Å². The zero-order chi connectivity index (χ0) is 25.5. The van der Waals surface area contributed by atoms with E-state index in [1.54, 1.807) is 0 Å². The lowest BCUT2D eigenvalue weighted by molar-refractivity contribution is 0.669. The van der Waals surface area contributed by atoms with E-state index in [-0.39, 0.29) is 0 Å². The second kappa shape index (κ2) is 9.29. The normalized spacial score (nSPS) is 11.3. The van der Waals surface area contributed by atoms with Gasteiger partial charge in [-0.2, -0.15) is 0 Å². The number of nitrogens with zero attached hydrogens (tertiary/aromatic N) is 2. The van der Waals surface area contributed by atoms with Gasteiger partial charge >= 0.3 is 0 Å². The number of benzene rings is 5. The molecule has 5 aromatic carbocycles. The molecule has 0 saturated heterocycles. The topological polar surface area (TPSA) is 38.9 Å². The second-order valence-electron chi connectivity index (χ2n) is 9.17. The Morgan fingerprint density at radius 2 is 0.895 bits per heavy atom. The standard InChI is InChI=1S/C34H21ClN2O/c35-26-18-15-24(16-19-26)33-34(25-17-20-28-27-13-7-8-14-29(27)38-30(28)21-25)37-32(23-11-5-2-6-12-23)31(36-33)22-9-3-1-4-10-22/h1-21H. The van der Waals surface area contributed by atoms with Crippen LogP contribution < -0.4 is 0 Å². The van der Waals surface area contributed by atoms with Gasteiger partial charge in [0.25, 0.3) is 0 Å². The molecule has 7 aromatic rings. The molecule has 0 aliphatic heterocycles. The average Bonchev–Trinajstić information content (AvgIpc) is 3.36.